The lowest BCUT2D eigenvalue weighted by Gasteiger charge is -1.94. The van der Waals surface area contributed by atoms with E-state index in [1.165, 1.54) is 17.6 Å². The molecule has 0 saturated heterocycles. The van der Waals surface area contributed by atoms with Crippen molar-refractivity contribution in [1.82, 2.24) is 9.97 Å². The molecule has 0 atom stereocenters. The summed E-state index contributed by atoms with van der Waals surface area (Å²) in [7, 11) is 0. The molecule has 0 saturated carbocycles. The first-order chi connectivity index (χ1) is 9.72. The smallest absolute Gasteiger partial charge is 0.312 e. The fourth-order valence-corrected chi connectivity index (χ4v) is 2.26. The summed E-state index contributed by atoms with van der Waals surface area (Å²) in [5.41, 5.74) is 1.05. The number of aliphatic imine (C=N–C) groups is 1. The Kier molecular flexibility index (Phi) is 3.62. The Morgan fingerprint density at radius 3 is 2.80 bits per heavy atom. The maximum atomic E-state index is 9.73. The van der Waals surface area contributed by atoms with Gasteiger partial charge >= 0.3 is 5.95 Å². The van der Waals surface area contributed by atoms with E-state index in [1.54, 1.807) is 6.20 Å². The van der Waals surface area contributed by atoms with Gasteiger partial charge in [0.25, 0.3) is 0 Å². The van der Waals surface area contributed by atoms with Gasteiger partial charge in [0.2, 0.25) is 11.0 Å². The number of halogens is 1. The van der Waals surface area contributed by atoms with Crippen molar-refractivity contribution in [2.75, 3.05) is 0 Å². The quantitative estimate of drug-likeness (QED) is 0.725. The first-order valence-electron chi connectivity index (χ1n) is 5.61. The Balaban J connectivity index is 1.89. The van der Waals surface area contributed by atoms with Crippen LogP contribution in [-0.2, 0) is 0 Å². The van der Waals surface area contributed by atoms with Crippen LogP contribution in [0.2, 0.25) is 0 Å². The predicted octanol–water partition coefficient (Wildman–Crippen LogP) is 4.02. The van der Waals surface area contributed by atoms with E-state index in [9.17, 15) is 5.11 Å². The van der Waals surface area contributed by atoms with Crippen LogP contribution in [0.25, 0.3) is 11.5 Å². The largest absolute Gasteiger partial charge is 0.479 e. The number of hydrogen-bond acceptors (Lipinski definition) is 6. The van der Waals surface area contributed by atoms with E-state index in [1.807, 2.05) is 29.6 Å². The van der Waals surface area contributed by atoms with Gasteiger partial charge in [-0.2, -0.15) is 0 Å². The minimum absolute atomic E-state index is 0.261. The minimum atomic E-state index is -0.261. The van der Waals surface area contributed by atoms with Gasteiger partial charge in [0.05, 0.1) is 6.21 Å². The summed E-state index contributed by atoms with van der Waals surface area (Å²) < 4.78 is 6.19. The zero-order chi connectivity index (χ0) is 13.9. The van der Waals surface area contributed by atoms with Crippen LogP contribution in [0.3, 0.4) is 0 Å². The standard InChI is InChI=1S/C13H8BrN3O2S/c14-9-3-1-8(2-4-9)11-17-10(12(18)19-11)7-16-13-15-5-6-20-13/h1-7,18H/b16-7+. The number of rotatable bonds is 3. The van der Waals surface area contributed by atoms with Crippen LogP contribution in [0.5, 0.6) is 5.95 Å². The SMILES string of the molecule is Oc1oc(-c2ccc(Br)cc2)nc1/C=N/c1nccs1. The third-order valence-corrected chi connectivity index (χ3v) is 3.65. The number of aromatic nitrogens is 2. The Morgan fingerprint density at radius 2 is 2.10 bits per heavy atom. The minimum Gasteiger partial charge on any atom is -0.479 e. The Hall–Kier alpha value is -1.99. The summed E-state index contributed by atoms with van der Waals surface area (Å²) in [6, 6.07) is 7.44. The molecule has 2 heterocycles. The van der Waals surface area contributed by atoms with Crippen molar-refractivity contribution < 1.29 is 9.52 Å². The molecule has 1 N–H and O–H groups in total. The third kappa shape index (κ3) is 2.78. The molecule has 0 aliphatic carbocycles. The fourth-order valence-electron chi connectivity index (χ4n) is 1.52. The molecule has 100 valence electrons. The fraction of sp³-hybridized carbons (Fsp3) is 0. The number of oxazole rings is 1. The number of hydrogen-bond donors (Lipinski definition) is 1. The van der Waals surface area contributed by atoms with Crippen LogP contribution in [0.4, 0.5) is 5.13 Å². The summed E-state index contributed by atoms with van der Waals surface area (Å²) in [5, 5.41) is 12.1. The van der Waals surface area contributed by atoms with Crippen LogP contribution >= 0.6 is 27.3 Å². The Bertz CT molecular complexity index is 736. The lowest BCUT2D eigenvalue weighted by Crippen LogP contribution is -1.82. The predicted molar refractivity (Wildman–Crippen MR) is 80.7 cm³/mol. The highest BCUT2D eigenvalue weighted by molar-refractivity contribution is 9.10. The van der Waals surface area contributed by atoms with Gasteiger partial charge in [-0.05, 0) is 24.3 Å². The van der Waals surface area contributed by atoms with E-state index in [4.69, 9.17) is 4.42 Å². The molecule has 0 aliphatic heterocycles. The van der Waals surface area contributed by atoms with Crippen molar-refractivity contribution in [3.63, 3.8) is 0 Å². The van der Waals surface area contributed by atoms with Gasteiger partial charge in [-0.3, -0.25) is 0 Å². The molecule has 7 heteroatoms. The second-order valence-corrected chi connectivity index (χ2v) is 5.58. The van der Waals surface area contributed by atoms with E-state index in [-0.39, 0.29) is 11.6 Å². The van der Waals surface area contributed by atoms with Gasteiger partial charge in [0, 0.05) is 21.6 Å². The molecule has 0 aliphatic rings. The van der Waals surface area contributed by atoms with Gasteiger partial charge in [0.15, 0.2) is 5.69 Å². The first-order valence-corrected chi connectivity index (χ1v) is 7.29. The van der Waals surface area contributed by atoms with Gasteiger partial charge in [-0.1, -0.05) is 15.9 Å². The van der Waals surface area contributed by atoms with Crippen molar-refractivity contribution >= 4 is 38.6 Å². The average molecular weight is 350 g/mol. The summed E-state index contributed by atoms with van der Waals surface area (Å²) >= 11 is 4.76. The zero-order valence-electron chi connectivity index (χ0n) is 10.0. The first kappa shape index (κ1) is 13.0. The van der Waals surface area contributed by atoms with Crippen LogP contribution < -0.4 is 0 Å². The van der Waals surface area contributed by atoms with Crippen LogP contribution in [0, 0.1) is 0 Å². The molecule has 0 amide bonds. The summed E-state index contributed by atoms with van der Waals surface area (Å²) in [6.07, 6.45) is 3.09. The second-order valence-electron chi connectivity index (χ2n) is 3.79. The van der Waals surface area contributed by atoms with Crippen LogP contribution in [-0.4, -0.2) is 21.3 Å². The molecule has 0 radical (unpaired) electrons. The molecule has 0 bridgehead atoms. The summed E-state index contributed by atoms with van der Waals surface area (Å²) in [6.45, 7) is 0. The van der Waals surface area contributed by atoms with Gasteiger partial charge in [0.1, 0.15) is 0 Å². The van der Waals surface area contributed by atoms with E-state index >= 15 is 0 Å². The topological polar surface area (TPSA) is 71.5 Å². The zero-order valence-corrected chi connectivity index (χ0v) is 12.4. The highest BCUT2D eigenvalue weighted by Crippen LogP contribution is 2.27. The second kappa shape index (κ2) is 5.56. The molecule has 1 aromatic carbocycles. The molecule has 3 rings (SSSR count). The van der Waals surface area contributed by atoms with Crippen molar-refractivity contribution in [2.45, 2.75) is 0 Å². The third-order valence-electron chi connectivity index (χ3n) is 2.44. The van der Waals surface area contributed by atoms with Gasteiger partial charge < -0.3 is 9.52 Å². The van der Waals surface area contributed by atoms with Crippen LogP contribution in [0.15, 0.2) is 49.7 Å². The number of aromatic hydroxyl groups is 1. The van der Waals surface area contributed by atoms with Crippen molar-refractivity contribution in [1.29, 1.82) is 0 Å². The Labute approximate surface area is 126 Å². The van der Waals surface area contributed by atoms with Crippen LogP contribution in [0.1, 0.15) is 5.69 Å². The highest BCUT2D eigenvalue weighted by atomic mass is 79.9. The normalized spacial score (nSPS) is 11.2. The van der Waals surface area contributed by atoms with E-state index < -0.39 is 0 Å². The highest BCUT2D eigenvalue weighted by Gasteiger charge is 2.12. The molecule has 20 heavy (non-hydrogen) atoms. The monoisotopic (exact) mass is 349 g/mol. The van der Waals surface area contributed by atoms with Gasteiger partial charge in [-0.15, -0.1) is 11.3 Å². The van der Waals surface area contributed by atoms with Crippen molar-refractivity contribution in [2.24, 2.45) is 4.99 Å². The summed E-state index contributed by atoms with van der Waals surface area (Å²) in [4.78, 5) is 12.3. The van der Waals surface area contributed by atoms with Gasteiger partial charge in [-0.25, -0.2) is 15.0 Å². The summed E-state index contributed by atoms with van der Waals surface area (Å²) in [5.74, 6) is 0.0822. The molecule has 0 unspecified atom stereocenters. The molecule has 0 spiro atoms. The number of thiazole rings is 1. The van der Waals surface area contributed by atoms with E-state index in [0.717, 1.165) is 10.0 Å². The Morgan fingerprint density at radius 1 is 1.30 bits per heavy atom. The molecular formula is C13H8BrN3O2S. The maximum Gasteiger partial charge on any atom is 0.312 e. The molecule has 3 aromatic rings. The van der Waals surface area contributed by atoms with E-state index in [2.05, 4.69) is 30.9 Å². The number of benzene rings is 1. The molecule has 0 fully saturated rings. The molecule has 2 aromatic heterocycles. The molecule has 5 nitrogen and oxygen atoms in total. The maximum absolute atomic E-state index is 9.73. The molecular weight excluding hydrogens is 342 g/mol. The number of nitrogens with zero attached hydrogens (tertiary/aromatic N) is 3. The lowest BCUT2D eigenvalue weighted by molar-refractivity contribution is 0.337. The average Bonchev–Trinajstić information content (AvgIpc) is 3.07. The lowest BCUT2D eigenvalue weighted by atomic mass is 10.2. The van der Waals surface area contributed by atoms with E-state index in [0.29, 0.717) is 11.0 Å². The van der Waals surface area contributed by atoms with Crippen molar-refractivity contribution in [3.05, 3.63) is 46.0 Å². The van der Waals surface area contributed by atoms with Crippen molar-refractivity contribution in [3.8, 4) is 17.4 Å².